The van der Waals surface area contributed by atoms with E-state index in [4.69, 9.17) is 15.3 Å². The van der Waals surface area contributed by atoms with E-state index in [1.54, 1.807) is 30.3 Å². The lowest BCUT2D eigenvalue weighted by Crippen LogP contribution is -1.99. The Bertz CT molecular complexity index is 1650. The lowest BCUT2D eigenvalue weighted by atomic mass is 10.0. The van der Waals surface area contributed by atoms with E-state index in [0.29, 0.717) is 28.7 Å². The Kier molecular flexibility index (Phi) is 5.80. The molecule has 0 radical (unpaired) electrons. The van der Waals surface area contributed by atoms with Gasteiger partial charge in [-0.1, -0.05) is 12.1 Å². The monoisotopic (exact) mass is 477 g/mol. The molecule has 168 valence electrons. The zero-order valence-electron chi connectivity index (χ0n) is 18.4. The molecule has 2 aromatic heterocycles. The second-order valence-electron chi connectivity index (χ2n) is 7.69. The van der Waals surface area contributed by atoms with Crippen LogP contribution in [0.2, 0.25) is 0 Å². The van der Waals surface area contributed by atoms with Crippen molar-refractivity contribution in [2.24, 2.45) is 0 Å². The fourth-order valence-corrected chi connectivity index (χ4v) is 4.31. The summed E-state index contributed by atoms with van der Waals surface area (Å²) < 4.78 is 21.1. The second-order valence-corrected chi connectivity index (χ2v) is 8.61. The predicted octanol–water partition coefficient (Wildman–Crippen LogP) is 7.09. The summed E-state index contributed by atoms with van der Waals surface area (Å²) in [5, 5.41) is 23.0. The number of benzene rings is 3. The van der Waals surface area contributed by atoms with Crippen molar-refractivity contribution in [3.8, 4) is 34.9 Å². The Morgan fingerprint density at radius 2 is 1.69 bits per heavy atom. The highest BCUT2D eigenvalue weighted by atomic mass is 32.1. The summed E-state index contributed by atoms with van der Waals surface area (Å²) in [6.45, 7) is 1.90. The number of aryl methyl sites for hydroxylation is 1. The van der Waals surface area contributed by atoms with Gasteiger partial charge in [0, 0.05) is 5.69 Å². The average molecular weight is 478 g/mol. The van der Waals surface area contributed by atoms with Crippen LogP contribution in [0.5, 0.6) is 11.6 Å². The van der Waals surface area contributed by atoms with E-state index < -0.39 is 5.82 Å². The Morgan fingerprint density at radius 3 is 2.40 bits per heavy atom. The van der Waals surface area contributed by atoms with Crippen molar-refractivity contribution in [3.63, 3.8) is 0 Å². The number of nitriles is 2. The first kappa shape index (κ1) is 22.0. The Hall–Kier alpha value is -4.79. The SMILES string of the molecule is Cc1cc(-c2ccc(C#N)c(F)c2)ccc1Oc1nc(Nc2ccc(C#N)cc2)nc2ccsc12. The highest BCUT2D eigenvalue weighted by Crippen LogP contribution is 2.35. The van der Waals surface area contributed by atoms with Gasteiger partial charge in [-0.15, -0.1) is 11.3 Å². The third kappa shape index (κ3) is 4.51. The Morgan fingerprint density at radius 1 is 0.914 bits per heavy atom. The number of hydrogen-bond donors (Lipinski definition) is 1. The van der Waals surface area contributed by atoms with Crippen LogP contribution >= 0.6 is 11.3 Å². The number of nitrogens with one attached hydrogen (secondary N) is 1. The van der Waals surface area contributed by atoms with Crippen LogP contribution in [-0.2, 0) is 0 Å². The van der Waals surface area contributed by atoms with Crippen LogP contribution in [0.25, 0.3) is 21.3 Å². The normalized spacial score (nSPS) is 10.5. The van der Waals surface area contributed by atoms with E-state index in [9.17, 15) is 4.39 Å². The van der Waals surface area contributed by atoms with Crippen molar-refractivity contribution in [2.75, 3.05) is 5.32 Å². The van der Waals surface area contributed by atoms with Crippen molar-refractivity contribution >= 4 is 33.2 Å². The maximum absolute atomic E-state index is 14.1. The first-order valence-electron chi connectivity index (χ1n) is 10.5. The lowest BCUT2D eigenvalue weighted by Gasteiger charge is -2.12. The standard InChI is InChI=1S/C27H16FN5OS/c1-16-12-18(19-4-5-20(15-30)22(28)13-19)6-9-24(16)34-26-25-23(10-11-35-25)32-27(33-26)31-21-7-2-17(14-29)3-8-21/h2-13H,1H3,(H,31,32,33). The van der Waals surface area contributed by atoms with Crippen molar-refractivity contribution in [1.29, 1.82) is 10.5 Å². The number of fused-ring (bicyclic) bond motifs is 1. The molecule has 6 nitrogen and oxygen atoms in total. The van der Waals surface area contributed by atoms with Gasteiger partial charge in [-0.05, 0) is 83.6 Å². The molecule has 0 aliphatic heterocycles. The molecule has 2 heterocycles. The van der Waals surface area contributed by atoms with E-state index >= 15 is 0 Å². The van der Waals surface area contributed by atoms with E-state index in [0.717, 1.165) is 27.0 Å². The van der Waals surface area contributed by atoms with Gasteiger partial charge in [0.05, 0.1) is 22.7 Å². The van der Waals surface area contributed by atoms with E-state index in [1.165, 1.54) is 23.5 Å². The summed E-state index contributed by atoms with van der Waals surface area (Å²) in [5.74, 6) is 0.853. The van der Waals surface area contributed by atoms with Crippen LogP contribution in [-0.4, -0.2) is 9.97 Å². The minimum Gasteiger partial charge on any atom is -0.437 e. The van der Waals surface area contributed by atoms with Gasteiger partial charge < -0.3 is 10.1 Å². The molecule has 0 fully saturated rings. The van der Waals surface area contributed by atoms with Crippen LogP contribution in [0, 0.1) is 35.4 Å². The Balaban J connectivity index is 1.45. The van der Waals surface area contributed by atoms with Crippen LogP contribution in [0.4, 0.5) is 16.0 Å². The molecule has 0 aliphatic carbocycles. The summed E-state index contributed by atoms with van der Waals surface area (Å²) in [6.07, 6.45) is 0. The number of hydrogen-bond acceptors (Lipinski definition) is 7. The Labute approximate surface area is 204 Å². The summed E-state index contributed by atoms with van der Waals surface area (Å²) >= 11 is 1.48. The fraction of sp³-hybridized carbons (Fsp3) is 0.0370. The highest BCUT2D eigenvalue weighted by Gasteiger charge is 2.14. The van der Waals surface area contributed by atoms with Crippen molar-refractivity contribution in [1.82, 2.24) is 9.97 Å². The van der Waals surface area contributed by atoms with Gasteiger partial charge in [0.1, 0.15) is 22.3 Å². The number of ether oxygens (including phenoxy) is 1. The first-order valence-corrected chi connectivity index (χ1v) is 11.4. The number of thiophene rings is 1. The minimum absolute atomic E-state index is 0.0135. The van der Waals surface area contributed by atoms with Gasteiger partial charge in [0.15, 0.2) is 0 Å². The average Bonchev–Trinajstić information content (AvgIpc) is 3.34. The van der Waals surface area contributed by atoms with Crippen LogP contribution < -0.4 is 10.1 Å². The first-order chi connectivity index (χ1) is 17.0. The molecule has 35 heavy (non-hydrogen) atoms. The molecule has 0 unspecified atom stereocenters. The molecule has 5 aromatic rings. The molecular weight excluding hydrogens is 461 g/mol. The minimum atomic E-state index is -0.550. The molecular formula is C27H16FN5OS. The molecule has 0 saturated carbocycles. The number of aromatic nitrogens is 2. The number of anilines is 2. The molecule has 8 heteroatoms. The summed E-state index contributed by atoms with van der Waals surface area (Å²) in [7, 11) is 0. The zero-order chi connectivity index (χ0) is 24.4. The second kappa shape index (κ2) is 9.22. The van der Waals surface area contributed by atoms with Crippen molar-refractivity contribution < 1.29 is 9.13 Å². The van der Waals surface area contributed by atoms with Crippen LogP contribution in [0.3, 0.4) is 0 Å². The third-order valence-corrected chi connectivity index (χ3v) is 6.24. The maximum atomic E-state index is 14.1. The molecule has 0 spiro atoms. The van der Waals surface area contributed by atoms with Crippen molar-refractivity contribution in [3.05, 3.63) is 94.6 Å². The molecule has 3 aromatic carbocycles. The zero-order valence-corrected chi connectivity index (χ0v) is 19.2. The molecule has 0 bridgehead atoms. The summed E-state index contributed by atoms with van der Waals surface area (Å²) in [5.41, 5.74) is 4.41. The van der Waals surface area contributed by atoms with Gasteiger partial charge in [0.25, 0.3) is 0 Å². The smallest absolute Gasteiger partial charge is 0.242 e. The molecule has 0 saturated heterocycles. The lowest BCUT2D eigenvalue weighted by molar-refractivity contribution is 0.466. The number of halogens is 1. The number of rotatable bonds is 5. The predicted molar refractivity (Wildman–Crippen MR) is 133 cm³/mol. The van der Waals surface area contributed by atoms with Gasteiger partial charge in [-0.2, -0.15) is 15.5 Å². The van der Waals surface area contributed by atoms with Crippen molar-refractivity contribution in [2.45, 2.75) is 6.92 Å². The molecule has 5 rings (SSSR count). The van der Waals surface area contributed by atoms with Gasteiger partial charge in [-0.3, -0.25) is 0 Å². The van der Waals surface area contributed by atoms with E-state index in [2.05, 4.69) is 21.4 Å². The maximum Gasteiger partial charge on any atom is 0.242 e. The highest BCUT2D eigenvalue weighted by molar-refractivity contribution is 7.17. The summed E-state index contributed by atoms with van der Waals surface area (Å²) in [4.78, 5) is 9.14. The van der Waals surface area contributed by atoms with Gasteiger partial charge >= 0.3 is 0 Å². The number of nitrogens with zero attached hydrogens (tertiary/aromatic N) is 4. The molecule has 1 N–H and O–H groups in total. The molecule has 0 atom stereocenters. The topological polar surface area (TPSA) is 94.6 Å². The van der Waals surface area contributed by atoms with E-state index in [-0.39, 0.29) is 5.56 Å². The molecule has 0 aliphatic rings. The summed E-state index contributed by atoms with van der Waals surface area (Å²) in [6, 6.07) is 22.9. The van der Waals surface area contributed by atoms with Gasteiger partial charge in [-0.25, -0.2) is 9.37 Å². The quantitative estimate of drug-likeness (QED) is 0.290. The molecule has 0 amide bonds. The van der Waals surface area contributed by atoms with E-state index in [1.807, 2.05) is 42.6 Å². The van der Waals surface area contributed by atoms with Crippen LogP contribution in [0.1, 0.15) is 16.7 Å². The third-order valence-electron chi connectivity index (χ3n) is 5.35. The van der Waals surface area contributed by atoms with Crippen LogP contribution in [0.15, 0.2) is 72.1 Å². The largest absolute Gasteiger partial charge is 0.437 e. The fourth-order valence-electron chi connectivity index (χ4n) is 3.55. The van der Waals surface area contributed by atoms with Gasteiger partial charge in [0.2, 0.25) is 11.8 Å².